The van der Waals surface area contributed by atoms with Crippen LogP contribution in [0, 0.1) is 10.1 Å². The third-order valence-electron chi connectivity index (χ3n) is 5.11. The van der Waals surface area contributed by atoms with E-state index in [-0.39, 0.29) is 42.0 Å². The molecule has 32 heavy (non-hydrogen) atoms. The van der Waals surface area contributed by atoms with Crippen LogP contribution in [-0.2, 0) is 25.6 Å². The average molecular weight is 638 g/mol. The Kier molecular flexibility index (Phi) is 7.76. The Bertz CT molecular complexity index is 931. The van der Waals surface area contributed by atoms with Gasteiger partial charge in [0.15, 0.2) is 0 Å². The van der Waals surface area contributed by atoms with Crippen LogP contribution >= 0.6 is 0 Å². The van der Waals surface area contributed by atoms with Crippen LogP contribution in [-0.4, -0.2) is 99.8 Å². The van der Waals surface area contributed by atoms with Crippen molar-refractivity contribution in [1.82, 2.24) is 12.7 Å². The van der Waals surface area contributed by atoms with Gasteiger partial charge in [-0.05, 0) is 0 Å². The van der Waals surface area contributed by atoms with Gasteiger partial charge in [0, 0.05) is 12.8 Å². The van der Waals surface area contributed by atoms with Gasteiger partial charge in [0.25, 0.3) is 11.8 Å². The van der Waals surface area contributed by atoms with Crippen LogP contribution in [0.4, 0.5) is 10.5 Å². The van der Waals surface area contributed by atoms with Gasteiger partial charge in [-0.2, -0.15) is 0 Å². The first-order valence-corrected chi connectivity index (χ1v) is 12.0. The van der Waals surface area contributed by atoms with E-state index >= 15 is 0 Å². The van der Waals surface area contributed by atoms with Crippen LogP contribution in [0.5, 0.6) is 0 Å². The van der Waals surface area contributed by atoms with E-state index in [1.807, 2.05) is 0 Å². The molecule has 2 aliphatic rings. The molecule has 1 atom stereocenters. The first kappa shape index (κ1) is 24.0. The Morgan fingerprint density at radius 3 is 2.38 bits per heavy atom. The van der Waals surface area contributed by atoms with E-state index < -0.39 is 29.0 Å². The molecular weight excluding hydrogens is 617 g/mol. The summed E-state index contributed by atoms with van der Waals surface area (Å²) < 4.78 is 7.29. The number of hydrogen-bond acceptors (Lipinski definition) is 9. The van der Waals surface area contributed by atoms with E-state index in [0.717, 1.165) is 39.2 Å². The third kappa shape index (κ3) is 5.79. The number of nitro benzene ring substituents is 1. The molecule has 2 aliphatic heterocycles. The molecule has 2 heterocycles. The number of piperazine rings is 1. The molecule has 0 bridgehead atoms. The molecule has 13 heteroatoms. The van der Waals surface area contributed by atoms with E-state index in [9.17, 15) is 29.3 Å². The summed E-state index contributed by atoms with van der Waals surface area (Å²) in [5.41, 5.74) is 0.238. The number of ether oxygens (including phenoxy) is 1. The summed E-state index contributed by atoms with van der Waals surface area (Å²) in [6.45, 7) is 4.26. The number of hydrogen-bond donors (Lipinski definition) is 0. The Morgan fingerprint density at radius 2 is 1.78 bits per heavy atom. The van der Waals surface area contributed by atoms with Crippen molar-refractivity contribution < 1.29 is 33.7 Å². The predicted molar refractivity (Wildman–Crippen MR) is 108 cm³/mol. The predicted octanol–water partition coefficient (Wildman–Crippen LogP) is 0.584. The molecule has 2 saturated heterocycles. The Balaban J connectivity index is 1.64. The minimum atomic E-state index is -1.26. The van der Waals surface area contributed by atoms with Crippen molar-refractivity contribution in [3.8, 4) is 0 Å². The molecule has 1 unspecified atom stereocenters. The fourth-order valence-corrected chi connectivity index (χ4v) is 4.31. The zero-order valence-corrected chi connectivity index (χ0v) is 21.9. The molecule has 3 rings (SSSR count). The van der Waals surface area contributed by atoms with Gasteiger partial charge in [-0.25, -0.2) is 4.79 Å². The second-order valence-electron chi connectivity index (χ2n) is 7.48. The third-order valence-corrected chi connectivity index (χ3v) is 7.11. The van der Waals surface area contributed by atoms with Crippen LogP contribution in [0.15, 0.2) is 18.2 Å². The van der Waals surface area contributed by atoms with Gasteiger partial charge in [-0.15, -0.1) is 0 Å². The van der Waals surface area contributed by atoms with E-state index in [0.29, 0.717) is 18.2 Å². The molecule has 0 radical (unpaired) electrons. The summed E-state index contributed by atoms with van der Waals surface area (Å²) in [6.07, 6.45) is -2.22. The zero-order valence-electron chi connectivity index (χ0n) is 17.4. The fraction of sp³-hybridized carbons (Fsp3) is 0.474. The normalized spacial score (nSPS) is 17.9. The molecule has 0 N–H and O–H groups in total. The molecule has 0 aliphatic carbocycles. The second-order valence-corrected chi connectivity index (χ2v) is 10.3. The SMILES string of the molecule is CC(Cc1ccc(C(=O)N2CC[N]([Tl])CC2)cc1[N+](=O)[O-])OC(=O)ON1C(=O)CCC1=O. The van der Waals surface area contributed by atoms with Gasteiger partial charge in [-0.3, -0.25) is 14.4 Å². The van der Waals surface area contributed by atoms with Gasteiger partial charge in [-0.1, -0.05) is 5.06 Å². The topological polar surface area (TPSA) is 140 Å². The Labute approximate surface area is 199 Å². The van der Waals surface area contributed by atoms with Crippen molar-refractivity contribution in [1.29, 1.82) is 0 Å². The van der Waals surface area contributed by atoms with E-state index in [2.05, 4.69) is 7.55 Å². The number of rotatable bonds is 6. The van der Waals surface area contributed by atoms with Crippen molar-refractivity contribution in [2.45, 2.75) is 32.3 Å². The summed E-state index contributed by atoms with van der Waals surface area (Å²) in [5.74, 6) is -1.54. The van der Waals surface area contributed by atoms with Crippen molar-refractivity contribution in [3.63, 3.8) is 0 Å². The quantitative estimate of drug-likeness (QED) is 0.144. The van der Waals surface area contributed by atoms with Crippen LogP contribution in [0.25, 0.3) is 0 Å². The molecule has 1 aromatic carbocycles. The smallest absolute Gasteiger partial charge is 0.295 e. The minimum absolute atomic E-state index is 0.0260. The summed E-state index contributed by atoms with van der Waals surface area (Å²) >= 11 is 0.718. The minimum Gasteiger partial charge on any atom is -0.295 e. The molecule has 3 amide bonds. The second kappa shape index (κ2) is 10.3. The summed E-state index contributed by atoms with van der Waals surface area (Å²) in [5, 5.41) is 11.9. The number of carbonyl (C=O) groups excluding carboxylic acids is 4. The number of hydroxylamine groups is 2. The van der Waals surface area contributed by atoms with Crippen LogP contribution in [0.1, 0.15) is 35.7 Å². The van der Waals surface area contributed by atoms with Gasteiger partial charge >= 0.3 is 151 Å². The number of nitrogens with zero attached hydrogens (tertiary/aromatic N) is 4. The van der Waals surface area contributed by atoms with Crippen molar-refractivity contribution in [3.05, 3.63) is 39.4 Å². The maximum absolute atomic E-state index is 12.7. The summed E-state index contributed by atoms with van der Waals surface area (Å²) in [7, 11) is 0. The van der Waals surface area contributed by atoms with Crippen LogP contribution in [0.2, 0.25) is 0 Å². The zero-order chi connectivity index (χ0) is 23.4. The van der Waals surface area contributed by atoms with Crippen LogP contribution < -0.4 is 0 Å². The fourth-order valence-electron chi connectivity index (χ4n) is 3.42. The molecule has 0 saturated carbocycles. The van der Waals surface area contributed by atoms with Gasteiger partial charge < -0.3 is 0 Å². The molecule has 168 valence electrons. The number of benzene rings is 1. The van der Waals surface area contributed by atoms with Crippen molar-refractivity contribution in [2.24, 2.45) is 0 Å². The first-order valence-electron chi connectivity index (χ1n) is 9.96. The Hall–Kier alpha value is -2.62. The molecule has 12 nitrogen and oxygen atoms in total. The average Bonchev–Trinajstić information content (AvgIpc) is 3.05. The molecule has 2 fully saturated rings. The summed E-state index contributed by atoms with van der Waals surface area (Å²) in [4.78, 5) is 64.9. The van der Waals surface area contributed by atoms with E-state index in [1.165, 1.54) is 25.1 Å². The molecule has 0 aromatic heterocycles. The standard InChI is InChI=1S/C19H21N4O8.Tl/c1-12(30-19(27)31-22-16(24)4-5-17(22)25)10-13-2-3-14(11-15(13)23(28)29)18(26)21-8-6-20-7-9-21;/h2-3,11-12H,4-10H2,1H3;/q-1;+1. The Morgan fingerprint density at radius 1 is 1.16 bits per heavy atom. The van der Waals surface area contributed by atoms with E-state index in [1.54, 1.807) is 4.90 Å². The van der Waals surface area contributed by atoms with Gasteiger partial charge in [0.2, 0.25) is 0 Å². The first-order chi connectivity index (χ1) is 15.2. The van der Waals surface area contributed by atoms with E-state index in [4.69, 9.17) is 4.74 Å². The number of nitro groups is 1. The monoisotopic (exact) mass is 638 g/mol. The summed E-state index contributed by atoms with van der Waals surface area (Å²) in [6, 6.07) is 4.22. The van der Waals surface area contributed by atoms with Crippen LogP contribution in [0.3, 0.4) is 0 Å². The number of imide groups is 1. The molecule has 0 spiro atoms. The van der Waals surface area contributed by atoms with Crippen molar-refractivity contribution >= 4 is 55.6 Å². The number of amides is 3. The van der Waals surface area contributed by atoms with Crippen molar-refractivity contribution in [2.75, 3.05) is 26.2 Å². The maximum atomic E-state index is 12.7. The molecule has 1 aromatic rings. The van der Waals surface area contributed by atoms with Gasteiger partial charge in [0.05, 0.1) is 0 Å². The number of carbonyl (C=O) groups is 4. The molecular formula is C19H21N4O8Tl. The van der Waals surface area contributed by atoms with Gasteiger partial charge in [0.1, 0.15) is 0 Å².